The Balaban J connectivity index is 2.14. The van der Waals surface area contributed by atoms with Crippen molar-refractivity contribution in [2.24, 2.45) is 7.05 Å². The van der Waals surface area contributed by atoms with Crippen LogP contribution in [-0.2, 0) is 28.3 Å². The summed E-state index contributed by atoms with van der Waals surface area (Å²) in [7, 11) is 0.932. The second kappa shape index (κ2) is 13.2. The zero-order valence-electron chi connectivity index (χ0n) is 26.4. The molecule has 17 heteroatoms. The van der Waals surface area contributed by atoms with Crippen LogP contribution in [0.4, 0.5) is 33.5 Å². The fraction of sp³-hybridized carbons (Fsp3) is 0.323. The number of nitrogens with one attached hydrogen (secondary N) is 2. The van der Waals surface area contributed by atoms with Crippen LogP contribution in [0.15, 0.2) is 36.4 Å². The van der Waals surface area contributed by atoms with Crippen molar-refractivity contribution in [1.82, 2.24) is 20.1 Å². The van der Waals surface area contributed by atoms with Gasteiger partial charge in [0, 0.05) is 38.3 Å². The van der Waals surface area contributed by atoms with Crippen molar-refractivity contribution < 1.29 is 40.3 Å². The number of hydrogen-bond donors (Lipinski definition) is 3. The number of benzene rings is 2. The van der Waals surface area contributed by atoms with Crippen LogP contribution >= 0.6 is 11.6 Å². The molecule has 0 unspecified atom stereocenters. The molecule has 0 aliphatic heterocycles. The second-order valence-corrected chi connectivity index (χ2v) is 13.8. The molecule has 48 heavy (non-hydrogen) atoms. The fourth-order valence-electron chi connectivity index (χ4n) is 4.91. The maximum absolute atomic E-state index is 14.2. The first-order valence-corrected chi connectivity index (χ1v) is 16.2. The van der Waals surface area contributed by atoms with E-state index in [1.807, 2.05) is 5.32 Å². The van der Waals surface area contributed by atoms with Crippen molar-refractivity contribution in [3.05, 3.63) is 70.0 Å². The summed E-state index contributed by atoms with van der Waals surface area (Å²) in [5.74, 6) is 0.871. The first-order valence-electron chi connectivity index (χ1n) is 14.0. The Morgan fingerprint density at radius 2 is 1.73 bits per heavy atom. The molecular formula is C31H30ClF5N6O4S. The Bertz CT molecular complexity index is 2060. The molecule has 3 N–H and O–H groups in total. The lowest BCUT2D eigenvalue weighted by molar-refractivity contribution is -0.174. The molecule has 0 saturated heterocycles. The largest absolute Gasteiger partial charge is 0.471 e. The molecule has 10 nitrogen and oxygen atoms in total. The number of alkyl halides is 3. The summed E-state index contributed by atoms with van der Waals surface area (Å²) < 4.78 is 97.3. The number of aromatic nitrogens is 3. The average Bonchev–Trinajstić information content (AvgIpc) is 3.24. The predicted octanol–water partition coefficient (Wildman–Crippen LogP) is 5.09. The van der Waals surface area contributed by atoms with Gasteiger partial charge in [-0.25, -0.2) is 22.2 Å². The summed E-state index contributed by atoms with van der Waals surface area (Å²) in [5.41, 5.74) is -0.889. The van der Waals surface area contributed by atoms with Gasteiger partial charge in [0.05, 0.1) is 39.6 Å². The molecule has 0 radical (unpaired) electrons. The number of aliphatic hydroxyl groups is 1. The van der Waals surface area contributed by atoms with E-state index < -0.39 is 51.8 Å². The second-order valence-electron chi connectivity index (χ2n) is 11.7. The maximum atomic E-state index is 14.2. The number of fused-ring (bicyclic) bond motifs is 1. The normalized spacial score (nSPS) is 12.8. The summed E-state index contributed by atoms with van der Waals surface area (Å²) in [6.07, 6.45) is -4.99. The first kappa shape index (κ1) is 36.4. The topological polar surface area (TPSA) is 129 Å². The van der Waals surface area contributed by atoms with Crippen molar-refractivity contribution >= 4 is 49.9 Å². The summed E-state index contributed by atoms with van der Waals surface area (Å²) >= 11 is 6.51. The number of anilines is 2. The van der Waals surface area contributed by atoms with Gasteiger partial charge in [-0.1, -0.05) is 23.6 Å². The molecule has 2 heterocycles. The molecule has 0 aliphatic rings. The monoisotopic (exact) mass is 712 g/mol. The highest BCUT2D eigenvalue weighted by molar-refractivity contribution is 7.92. The maximum Gasteiger partial charge on any atom is 0.471 e. The van der Waals surface area contributed by atoms with Gasteiger partial charge >= 0.3 is 12.1 Å². The van der Waals surface area contributed by atoms with E-state index in [0.29, 0.717) is 11.8 Å². The number of sulfonamides is 1. The lowest BCUT2D eigenvalue weighted by Crippen LogP contribution is -2.40. The predicted molar refractivity (Wildman–Crippen MR) is 172 cm³/mol. The molecule has 0 aliphatic carbocycles. The van der Waals surface area contributed by atoms with E-state index in [4.69, 9.17) is 11.6 Å². The molecule has 256 valence electrons. The number of hydrogen-bond acceptors (Lipinski definition) is 7. The summed E-state index contributed by atoms with van der Waals surface area (Å²) in [5, 5.41) is 16.7. The van der Waals surface area contributed by atoms with E-state index >= 15 is 0 Å². The Labute approximate surface area is 278 Å². The van der Waals surface area contributed by atoms with Crippen LogP contribution in [-0.4, -0.2) is 66.3 Å². The Kier molecular flexibility index (Phi) is 10.0. The van der Waals surface area contributed by atoms with Crippen LogP contribution in [0.2, 0.25) is 5.02 Å². The van der Waals surface area contributed by atoms with Gasteiger partial charge in [0.1, 0.15) is 22.9 Å². The van der Waals surface area contributed by atoms with E-state index in [9.17, 15) is 40.3 Å². The first-order chi connectivity index (χ1) is 22.0. The molecule has 1 amide bonds. The molecular weight excluding hydrogens is 683 g/mol. The van der Waals surface area contributed by atoms with Crippen LogP contribution in [0.1, 0.15) is 36.8 Å². The number of amides is 1. The lowest BCUT2D eigenvalue weighted by atomic mass is 9.93. The Hall–Kier alpha value is -4.46. The van der Waals surface area contributed by atoms with E-state index in [2.05, 4.69) is 26.6 Å². The zero-order chi connectivity index (χ0) is 35.9. The van der Waals surface area contributed by atoms with Gasteiger partial charge in [0.25, 0.3) is 0 Å². The van der Waals surface area contributed by atoms with Crippen LogP contribution in [0.3, 0.4) is 0 Å². The SMILES string of the molecule is CN(C)c1cc(-c2ccc(Cl)c3c(NS(C)(=O)=O)nn(C)c23)c([C@H](Cc2cc(F)cc(F)c2)NC(=O)C(F)(F)F)nc1C#CC(C)(C)O. The summed E-state index contributed by atoms with van der Waals surface area (Å²) in [4.78, 5) is 18.6. The highest BCUT2D eigenvalue weighted by Gasteiger charge is 2.41. The quantitative estimate of drug-likeness (QED) is 0.172. The molecule has 1 atom stereocenters. The van der Waals surface area contributed by atoms with Crippen molar-refractivity contribution in [1.29, 1.82) is 0 Å². The van der Waals surface area contributed by atoms with E-state index in [0.717, 1.165) is 18.4 Å². The van der Waals surface area contributed by atoms with Crippen LogP contribution < -0.4 is 14.9 Å². The van der Waals surface area contributed by atoms with Crippen molar-refractivity contribution in [3.8, 4) is 23.0 Å². The number of aryl methyl sites for hydroxylation is 1. The standard InChI is InChI=1S/C31H30ClF5N6O4S/c1-30(2,45)10-9-22-24(42(3)4)15-20(19-7-8-21(32)25-27(19)43(5)40-28(25)41-48(6,46)47)26(38-22)23(39-29(44)31(35,36)37)13-16-11-17(33)14-18(34)12-16/h7-8,11-12,14-15,23,45H,13H2,1-6H3,(H,39,44)(H,40,41)/t23-/m0/s1. The summed E-state index contributed by atoms with van der Waals surface area (Å²) in [6.45, 7) is 2.81. The Morgan fingerprint density at radius 3 is 2.27 bits per heavy atom. The molecule has 0 saturated carbocycles. The smallest absolute Gasteiger partial charge is 0.378 e. The number of nitrogens with zero attached hydrogens (tertiary/aromatic N) is 4. The van der Waals surface area contributed by atoms with Gasteiger partial charge in [-0.15, -0.1) is 0 Å². The van der Waals surface area contributed by atoms with Gasteiger partial charge in [0.15, 0.2) is 5.82 Å². The average molecular weight is 713 g/mol. The molecule has 4 aromatic rings. The zero-order valence-corrected chi connectivity index (χ0v) is 28.0. The number of carbonyl (C=O) groups excluding carboxylic acids is 1. The molecule has 2 aromatic heterocycles. The highest BCUT2D eigenvalue weighted by Crippen LogP contribution is 2.41. The molecule has 2 aromatic carbocycles. The van der Waals surface area contributed by atoms with Gasteiger partial charge in [-0.05, 0) is 56.0 Å². The van der Waals surface area contributed by atoms with Crippen molar-refractivity contribution in [2.75, 3.05) is 30.0 Å². The molecule has 0 fully saturated rings. The van der Waals surface area contributed by atoms with Crippen LogP contribution in [0.25, 0.3) is 22.0 Å². The number of rotatable bonds is 8. The Morgan fingerprint density at radius 1 is 1.10 bits per heavy atom. The molecule has 0 spiro atoms. The minimum atomic E-state index is -5.35. The van der Waals surface area contributed by atoms with Gasteiger partial charge in [0.2, 0.25) is 10.0 Å². The van der Waals surface area contributed by atoms with Gasteiger partial charge in [-0.3, -0.25) is 14.2 Å². The van der Waals surface area contributed by atoms with E-state index in [1.54, 1.807) is 19.0 Å². The third-order valence-electron chi connectivity index (χ3n) is 6.77. The van der Waals surface area contributed by atoms with Crippen molar-refractivity contribution in [3.63, 3.8) is 0 Å². The van der Waals surface area contributed by atoms with Crippen LogP contribution in [0.5, 0.6) is 0 Å². The number of halogens is 6. The highest BCUT2D eigenvalue weighted by atomic mass is 35.5. The molecule has 0 bridgehead atoms. The number of pyridine rings is 1. The van der Waals surface area contributed by atoms with E-state index in [-0.39, 0.29) is 49.8 Å². The third kappa shape index (κ3) is 8.52. The van der Waals surface area contributed by atoms with Gasteiger partial charge < -0.3 is 15.3 Å². The summed E-state index contributed by atoms with van der Waals surface area (Å²) in [6, 6.07) is 5.18. The lowest BCUT2D eigenvalue weighted by Gasteiger charge is -2.25. The van der Waals surface area contributed by atoms with E-state index in [1.165, 1.54) is 43.8 Å². The minimum Gasteiger partial charge on any atom is -0.378 e. The number of carbonyl (C=O) groups is 1. The third-order valence-corrected chi connectivity index (χ3v) is 7.64. The van der Waals surface area contributed by atoms with Gasteiger partial charge in [-0.2, -0.15) is 18.3 Å². The fourth-order valence-corrected chi connectivity index (χ4v) is 5.64. The van der Waals surface area contributed by atoms with Crippen LogP contribution in [0, 0.1) is 23.5 Å². The molecule has 4 rings (SSSR count). The minimum absolute atomic E-state index is 0.00722. The van der Waals surface area contributed by atoms with Crippen molar-refractivity contribution in [2.45, 2.75) is 38.1 Å².